The van der Waals surface area contributed by atoms with E-state index < -0.39 is 0 Å². The van der Waals surface area contributed by atoms with Gasteiger partial charge >= 0.3 is 6.03 Å². The van der Waals surface area contributed by atoms with Gasteiger partial charge in [-0.15, -0.1) is 0 Å². The van der Waals surface area contributed by atoms with E-state index in [9.17, 15) is 4.79 Å². The predicted octanol–water partition coefficient (Wildman–Crippen LogP) is 3.41. The lowest BCUT2D eigenvalue weighted by Crippen LogP contribution is -2.40. The van der Waals surface area contributed by atoms with Gasteiger partial charge in [0.05, 0.1) is 0 Å². The molecule has 3 nitrogen and oxygen atoms in total. The second-order valence-corrected chi connectivity index (χ2v) is 5.75. The molecule has 106 valence electrons. The molecular formula is C16H26N2O. The average Bonchev–Trinajstić information content (AvgIpc) is 2.44. The van der Waals surface area contributed by atoms with E-state index in [0.717, 1.165) is 6.42 Å². The minimum atomic E-state index is -0.135. The summed E-state index contributed by atoms with van der Waals surface area (Å²) in [6.45, 7) is 9.35. The monoisotopic (exact) mass is 262 g/mol. The standard InChI is InChI=1S/C16H26N2O/c1-6-12(2)13-7-9-14(10-8-13)16(3,4)11-18-15(19)17-5/h7-10,12H,6,11H2,1-5H3,(H2,17,18,19). The highest BCUT2D eigenvalue weighted by molar-refractivity contribution is 5.73. The molecule has 1 atom stereocenters. The van der Waals surface area contributed by atoms with Crippen LogP contribution < -0.4 is 10.6 Å². The highest BCUT2D eigenvalue weighted by atomic mass is 16.2. The fourth-order valence-corrected chi connectivity index (χ4v) is 1.99. The number of urea groups is 1. The number of nitrogens with one attached hydrogen (secondary N) is 2. The lowest BCUT2D eigenvalue weighted by atomic mass is 9.83. The molecule has 0 bridgehead atoms. The molecule has 0 aliphatic heterocycles. The van der Waals surface area contributed by atoms with Gasteiger partial charge in [0.1, 0.15) is 0 Å². The molecule has 0 fully saturated rings. The Labute approximate surface area is 116 Å². The Morgan fingerprint density at radius 3 is 2.32 bits per heavy atom. The van der Waals surface area contributed by atoms with E-state index in [2.05, 4.69) is 62.6 Å². The van der Waals surface area contributed by atoms with Crippen molar-refractivity contribution in [2.24, 2.45) is 0 Å². The van der Waals surface area contributed by atoms with E-state index in [0.29, 0.717) is 12.5 Å². The number of amides is 2. The van der Waals surface area contributed by atoms with Gasteiger partial charge in [-0.2, -0.15) is 0 Å². The van der Waals surface area contributed by atoms with Gasteiger partial charge in [0, 0.05) is 19.0 Å². The van der Waals surface area contributed by atoms with Crippen LogP contribution in [0.4, 0.5) is 4.79 Å². The van der Waals surface area contributed by atoms with Crippen LogP contribution in [-0.4, -0.2) is 19.6 Å². The summed E-state index contributed by atoms with van der Waals surface area (Å²) >= 11 is 0. The second-order valence-electron chi connectivity index (χ2n) is 5.75. The minimum Gasteiger partial charge on any atom is -0.341 e. The first-order chi connectivity index (χ1) is 8.90. The summed E-state index contributed by atoms with van der Waals surface area (Å²) in [5.74, 6) is 0.598. The molecule has 2 N–H and O–H groups in total. The summed E-state index contributed by atoms with van der Waals surface area (Å²) in [7, 11) is 1.63. The average molecular weight is 262 g/mol. The molecule has 1 aromatic rings. The van der Waals surface area contributed by atoms with Crippen LogP contribution in [0.5, 0.6) is 0 Å². The third-order valence-corrected chi connectivity index (χ3v) is 3.79. The molecule has 19 heavy (non-hydrogen) atoms. The molecule has 0 saturated heterocycles. The Bertz CT molecular complexity index is 409. The van der Waals surface area contributed by atoms with E-state index in [1.165, 1.54) is 11.1 Å². The van der Waals surface area contributed by atoms with Crippen LogP contribution in [0.1, 0.15) is 51.2 Å². The maximum atomic E-state index is 11.2. The smallest absolute Gasteiger partial charge is 0.314 e. The highest BCUT2D eigenvalue weighted by Crippen LogP contribution is 2.25. The van der Waals surface area contributed by atoms with Crippen LogP contribution in [0.15, 0.2) is 24.3 Å². The zero-order valence-electron chi connectivity index (χ0n) is 12.7. The van der Waals surface area contributed by atoms with Gasteiger partial charge < -0.3 is 10.6 Å². The molecule has 0 radical (unpaired) electrons. The van der Waals surface area contributed by atoms with Crippen LogP contribution in [-0.2, 0) is 5.41 Å². The lowest BCUT2D eigenvalue weighted by molar-refractivity contribution is 0.240. The first-order valence-electron chi connectivity index (χ1n) is 6.96. The fourth-order valence-electron chi connectivity index (χ4n) is 1.99. The molecule has 1 rings (SSSR count). The van der Waals surface area contributed by atoms with Gasteiger partial charge in [0.2, 0.25) is 0 Å². The summed E-state index contributed by atoms with van der Waals surface area (Å²) in [5.41, 5.74) is 2.55. The van der Waals surface area contributed by atoms with Crippen molar-refractivity contribution in [1.82, 2.24) is 10.6 Å². The van der Waals surface area contributed by atoms with Crippen molar-refractivity contribution in [1.29, 1.82) is 0 Å². The van der Waals surface area contributed by atoms with Gasteiger partial charge in [-0.25, -0.2) is 4.79 Å². The van der Waals surface area contributed by atoms with Gasteiger partial charge in [0.15, 0.2) is 0 Å². The summed E-state index contributed by atoms with van der Waals surface area (Å²) in [6.07, 6.45) is 1.15. The van der Waals surface area contributed by atoms with E-state index in [1.54, 1.807) is 7.05 Å². The van der Waals surface area contributed by atoms with Crippen molar-refractivity contribution in [3.8, 4) is 0 Å². The molecule has 0 aliphatic carbocycles. The lowest BCUT2D eigenvalue weighted by Gasteiger charge is -2.26. The third kappa shape index (κ3) is 4.27. The van der Waals surface area contributed by atoms with Crippen molar-refractivity contribution >= 4 is 6.03 Å². The SMILES string of the molecule is CCC(C)c1ccc(C(C)(C)CNC(=O)NC)cc1. The quantitative estimate of drug-likeness (QED) is 0.839. The zero-order valence-corrected chi connectivity index (χ0v) is 12.7. The van der Waals surface area contributed by atoms with Crippen molar-refractivity contribution < 1.29 is 4.79 Å². The third-order valence-electron chi connectivity index (χ3n) is 3.79. The van der Waals surface area contributed by atoms with Crippen molar-refractivity contribution in [2.45, 2.75) is 45.4 Å². The number of hydrogen-bond acceptors (Lipinski definition) is 1. The maximum absolute atomic E-state index is 11.2. The minimum absolute atomic E-state index is 0.0690. The number of rotatable bonds is 5. The van der Waals surface area contributed by atoms with Gasteiger partial charge in [-0.1, -0.05) is 52.0 Å². The van der Waals surface area contributed by atoms with E-state index in [1.807, 2.05) is 0 Å². The molecule has 1 aromatic carbocycles. The topological polar surface area (TPSA) is 41.1 Å². The highest BCUT2D eigenvalue weighted by Gasteiger charge is 2.21. The Balaban J connectivity index is 2.75. The zero-order chi connectivity index (χ0) is 14.5. The second kappa shape index (κ2) is 6.60. The van der Waals surface area contributed by atoms with Crippen LogP contribution in [0.25, 0.3) is 0 Å². The number of carbonyl (C=O) groups is 1. The number of benzene rings is 1. The summed E-state index contributed by atoms with van der Waals surface area (Å²) < 4.78 is 0. The molecule has 0 heterocycles. The molecular weight excluding hydrogens is 236 g/mol. The number of carbonyl (C=O) groups excluding carboxylic acids is 1. The normalized spacial score (nSPS) is 12.9. The summed E-state index contributed by atoms with van der Waals surface area (Å²) in [6, 6.07) is 8.61. The first-order valence-corrected chi connectivity index (χ1v) is 6.96. The Kier molecular flexibility index (Phi) is 5.40. The van der Waals surface area contributed by atoms with Crippen molar-refractivity contribution in [3.05, 3.63) is 35.4 Å². The molecule has 1 unspecified atom stereocenters. The van der Waals surface area contributed by atoms with Crippen LogP contribution in [0, 0.1) is 0 Å². The van der Waals surface area contributed by atoms with E-state index >= 15 is 0 Å². The molecule has 0 aromatic heterocycles. The van der Waals surface area contributed by atoms with Gasteiger partial charge in [0.25, 0.3) is 0 Å². The largest absolute Gasteiger partial charge is 0.341 e. The Morgan fingerprint density at radius 2 is 1.84 bits per heavy atom. The van der Waals surface area contributed by atoms with Gasteiger partial charge in [-0.3, -0.25) is 0 Å². The Hall–Kier alpha value is -1.51. The molecule has 0 spiro atoms. The summed E-state index contributed by atoms with van der Waals surface area (Å²) in [5, 5.41) is 5.44. The van der Waals surface area contributed by atoms with Gasteiger partial charge in [-0.05, 0) is 23.5 Å². The number of hydrogen-bond donors (Lipinski definition) is 2. The first kappa shape index (κ1) is 15.5. The van der Waals surface area contributed by atoms with Crippen molar-refractivity contribution in [3.63, 3.8) is 0 Å². The summed E-state index contributed by atoms with van der Waals surface area (Å²) in [4.78, 5) is 11.2. The van der Waals surface area contributed by atoms with Crippen LogP contribution >= 0.6 is 0 Å². The molecule has 0 saturated carbocycles. The predicted molar refractivity (Wildman–Crippen MR) is 80.6 cm³/mol. The molecule has 3 heteroatoms. The Morgan fingerprint density at radius 1 is 1.26 bits per heavy atom. The molecule has 2 amide bonds. The van der Waals surface area contributed by atoms with E-state index in [-0.39, 0.29) is 11.4 Å². The maximum Gasteiger partial charge on any atom is 0.314 e. The van der Waals surface area contributed by atoms with Crippen LogP contribution in [0.3, 0.4) is 0 Å². The van der Waals surface area contributed by atoms with E-state index in [4.69, 9.17) is 0 Å². The fraction of sp³-hybridized carbons (Fsp3) is 0.562. The molecule has 0 aliphatic rings. The van der Waals surface area contributed by atoms with Crippen LogP contribution in [0.2, 0.25) is 0 Å². The van der Waals surface area contributed by atoms with Crippen molar-refractivity contribution in [2.75, 3.05) is 13.6 Å².